The molecule has 1 heterocycles. The average Bonchev–Trinajstić information content (AvgIpc) is 2.28. The molecule has 4 nitrogen and oxygen atoms in total. The minimum Gasteiger partial charge on any atom is -0.392 e. The van der Waals surface area contributed by atoms with Gasteiger partial charge in [-0.2, -0.15) is 0 Å². The summed E-state index contributed by atoms with van der Waals surface area (Å²) >= 11 is 0. The highest BCUT2D eigenvalue weighted by atomic mass is 16.6. The molecule has 1 N–H and O–H groups in total. The van der Waals surface area contributed by atoms with Gasteiger partial charge in [0.05, 0.1) is 6.10 Å². The van der Waals surface area contributed by atoms with Gasteiger partial charge >= 0.3 is 0 Å². The fourth-order valence-electron chi connectivity index (χ4n) is 1.56. The van der Waals surface area contributed by atoms with Crippen molar-refractivity contribution < 1.29 is 9.57 Å². The molecule has 0 aromatic heterocycles. The zero-order valence-corrected chi connectivity index (χ0v) is 11.1. The summed E-state index contributed by atoms with van der Waals surface area (Å²) < 4.78 is 5.70. The molecule has 0 spiro atoms. The van der Waals surface area contributed by atoms with Crippen LogP contribution in [0.3, 0.4) is 0 Å². The largest absolute Gasteiger partial charge is 0.392 e. The molecule has 1 fully saturated rings. The van der Waals surface area contributed by atoms with E-state index < -0.39 is 0 Å². The molecule has 0 unspecified atom stereocenters. The number of nitrogens with zero attached hydrogens (tertiary/aromatic N) is 1. The monoisotopic (exact) mass is 238 g/mol. The molecule has 0 aromatic carbocycles. The summed E-state index contributed by atoms with van der Waals surface area (Å²) in [5, 5.41) is 7.36. The summed E-state index contributed by atoms with van der Waals surface area (Å²) in [6.07, 6.45) is 0.312. The molecular formula is C13H22N2O2. The van der Waals surface area contributed by atoms with Crippen LogP contribution < -0.4 is 5.32 Å². The Morgan fingerprint density at radius 2 is 2.29 bits per heavy atom. The molecule has 1 saturated heterocycles. The lowest BCUT2D eigenvalue weighted by Crippen LogP contribution is -2.45. The lowest BCUT2D eigenvalue weighted by atomic mass is 10.1. The third kappa shape index (κ3) is 5.20. The van der Waals surface area contributed by atoms with E-state index >= 15 is 0 Å². The molecule has 2 atom stereocenters. The number of oxime groups is 1. The fourth-order valence-corrected chi connectivity index (χ4v) is 1.56. The van der Waals surface area contributed by atoms with E-state index in [0.29, 0.717) is 6.61 Å². The molecule has 96 valence electrons. The Bertz CT molecular complexity index is 315. The summed E-state index contributed by atoms with van der Waals surface area (Å²) in [6.45, 7) is 10.1. The molecule has 0 bridgehead atoms. The van der Waals surface area contributed by atoms with Gasteiger partial charge in [-0.25, -0.2) is 0 Å². The van der Waals surface area contributed by atoms with Gasteiger partial charge in [-0.3, -0.25) is 0 Å². The minimum atomic E-state index is 0.0745. The minimum absolute atomic E-state index is 0.0745. The van der Waals surface area contributed by atoms with Crippen molar-refractivity contribution in [3.63, 3.8) is 0 Å². The molecule has 0 amide bonds. The second-order valence-electron chi connectivity index (χ2n) is 4.53. The molecule has 4 heteroatoms. The zero-order valence-electron chi connectivity index (χ0n) is 11.1. The van der Waals surface area contributed by atoms with Crippen molar-refractivity contribution in [1.29, 1.82) is 0 Å². The number of nitrogens with one attached hydrogen (secondary N) is 1. The van der Waals surface area contributed by atoms with Gasteiger partial charge < -0.3 is 14.9 Å². The van der Waals surface area contributed by atoms with Crippen molar-refractivity contribution in [3.05, 3.63) is 0 Å². The van der Waals surface area contributed by atoms with Gasteiger partial charge in [0.15, 0.2) is 0 Å². The number of ether oxygens (including phenoxy) is 1. The molecule has 1 aliphatic rings. The van der Waals surface area contributed by atoms with Crippen LogP contribution in [0.5, 0.6) is 0 Å². The van der Waals surface area contributed by atoms with Crippen molar-refractivity contribution in [2.24, 2.45) is 11.1 Å². The van der Waals surface area contributed by atoms with E-state index in [0.717, 1.165) is 18.8 Å². The predicted molar refractivity (Wildman–Crippen MR) is 68.9 cm³/mol. The first-order chi connectivity index (χ1) is 8.13. The van der Waals surface area contributed by atoms with Crippen LogP contribution in [0.15, 0.2) is 5.16 Å². The molecule has 0 aromatic rings. The van der Waals surface area contributed by atoms with E-state index in [4.69, 9.17) is 9.57 Å². The smallest absolute Gasteiger partial charge is 0.144 e. The van der Waals surface area contributed by atoms with Gasteiger partial charge in [0.1, 0.15) is 18.4 Å². The summed E-state index contributed by atoms with van der Waals surface area (Å²) in [4.78, 5) is 5.32. The van der Waals surface area contributed by atoms with Crippen LogP contribution in [-0.2, 0) is 9.57 Å². The Hall–Kier alpha value is -1.05. The highest BCUT2D eigenvalue weighted by Gasteiger charge is 2.19. The lowest BCUT2D eigenvalue weighted by Gasteiger charge is -2.27. The molecule has 1 rings (SSSR count). The van der Waals surface area contributed by atoms with Gasteiger partial charge in [-0.1, -0.05) is 24.9 Å². The van der Waals surface area contributed by atoms with Crippen LogP contribution >= 0.6 is 0 Å². The molecule has 0 radical (unpaired) electrons. The molecule has 0 saturated carbocycles. The Kier molecular flexibility index (Phi) is 6.03. The van der Waals surface area contributed by atoms with E-state index in [2.05, 4.69) is 22.3 Å². The van der Waals surface area contributed by atoms with Gasteiger partial charge in [0, 0.05) is 19.0 Å². The van der Waals surface area contributed by atoms with E-state index in [1.165, 1.54) is 0 Å². The van der Waals surface area contributed by atoms with Crippen molar-refractivity contribution in [2.45, 2.75) is 39.9 Å². The lowest BCUT2D eigenvalue weighted by molar-refractivity contribution is -0.0680. The first kappa shape index (κ1) is 14.0. The first-order valence-electron chi connectivity index (χ1n) is 6.12. The highest BCUT2D eigenvalue weighted by molar-refractivity contribution is 6.01. The van der Waals surface area contributed by atoms with Crippen molar-refractivity contribution in [1.82, 2.24) is 5.32 Å². The van der Waals surface area contributed by atoms with Gasteiger partial charge in [-0.15, -0.1) is 0 Å². The number of morpholine rings is 1. The number of hydrogen-bond donors (Lipinski definition) is 1. The van der Waals surface area contributed by atoms with E-state index in [1.807, 2.05) is 20.8 Å². The number of rotatable bonds is 4. The van der Waals surface area contributed by atoms with E-state index in [-0.39, 0.29) is 18.1 Å². The maximum absolute atomic E-state index is 5.70. The summed E-state index contributed by atoms with van der Waals surface area (Å²) in [6, 6.07) is 0. The van der Waals surface area contributed by atoms with Crippen LogP contribution in [0.1, 0.15) is 27.7 Å². The van der Waals surface area contributed by atoms with Crippen LogP contribution in [0, 0.1) is 17.8 Å². The second-order valence-corrected chi connectivity index (χ2v) is 4.53. The van der Waals surface area contributed by atoms with Crippen LogP contribution in [-0.4, -0.2) is 37.6 Å². The van der Waals surface area contributed by atoms with Crippen LogP contribution in [0.25, 0.3) is 0 Å². The maximum Gasteiger partial charge on any atom is 0.144 e. The topological polar surface area (TPSA) is 42.8 Å². The Balaban J connectivity index is 2.38. The van der Waals surface area contributed by atoms with Crippen LogP contribution in [0.4, 0.5) is 0 Å². The summed E-state index contributed by atoms with van der Waals surface area (Å²) in [5.74, 6) is 6.07. The fraction of sp³-hybridized carbons (Fsp3) is 0.769. The van der Waals surface area contributed by atoms with Crippen molar-refractivity contribution >= 4 is 5.71 Å². The second kappa shape index (κ2) is 7.31. The quantitative estimate of drug-likeness (QED) is 0.457. The first-order valence-corrected chi connectivity index (χ1v) is 6.12. The van der Waals surface area contributed by atoms with Gasteiger partial charge in [-0.05, 0) is 19.8 Å². The Labute approximate surface area is 104 Å². The van der Waals surface area contributed by atoms with E-state index in [1.54, 1.807) is 6.92 Å². The SMILES string of the molecule is CC#C/C(=N\OC[C@H]1CNC[C@H](C)O1)C(C)C. The third-order valence-corrected chi connectivity index (χ3v) is 2.45. The molecular weight excluding hydrogens is 216 g/mol. The number of hydrogen-bond acceptors (Lipinski definition) is 4. The van der Waals surface area contributed by atoms with Crippen LogP contribution in [0.2, 0.25) is 0 Å². The van der Waals surface area contributed by atoms with E-state index in [9.17, 15) is 0 Å². The molecule has 0 aliphatic carbocycles. The standard InChI is InChI=1S/C13H22N2O2/c1-5-6-13(10(2)3)15-16-9-12-8-14-7-11(4)17-12/h10-12,14H,7-9H2,1-4H3/b15-13+/t11-,12+/m0/s1. The highest BCUT2D eigenvalue weighted by Crippen LogP contribution is 2.04. The Morgan fingerprint density at radius 1 is 1.53 bits per heavy atom. The predicted octanol–water partition coefficient (Wildman–Crippen LogP) is 1.42. The zero-order chi connectivity index (χ0) is 12.7. The van der Waals surface area contributed by atoms with Gasteiger partial charge in [0.25, 0.3) is 0 Å². The Morgan fingerprint density at radius 3 is 2.88 bits per heavy atom. The summed E-state index contributed by atoms with van der Waals surface area (Å²) in [7, 11) is 0. The van der Waals surface area contributed by atoms with Crippen molar-refractivity contribution in [2.75, 3.05) is 19.7 Å². The third-order valence-electron chi connectivity index (χ3n) is 2.45. The normalized spacial score (nSPS) is 25.4. The van der Waals surface area contributed by atoms with Gasteiger partial charge in [0.2, 0.25) is 0 Å². The van der Waals surface area contributed by atoms with Crippen molar-refractivity contribution in [3.8, 4) is 11.8 Å². The molecule has 17 heavy (non-hydrogen) atoms. The summed E-state index contributed by atoms with van der Waals surface area (Å²) in [5.41, 5.74) is 0.782. The maximum atomic E-state index is 5.70. The molecule has 1 aliphatic heterocycles. The average molecular weight is 238 g/mol.